The Bertz CT molecular complexity index is 3250. The molecule has 11 rings (SSSR count). The molecule has 0 saturated heterocycles. The van der Waals surface area contributed by atoms with E-state index in [0.717, 1.165) is 66.3 Å². The van der Waals surface area contributed by atoms with Gasteiger partial charge in [0.15, 0.2) is 5.82 Å². The zero-order valence-corrected chi connectivity index (χ0v) is 30.2. The van der Waals surface area contributed by atoms with E-state index in [4.69, 9.17) is 4.42 Å². The van der Waals surface area contributed by atoms with Gasteiger partial charge in [0.05, 0.1) is 11.0 Å². The van der Waals surface area contributed by atoms with Crippen LogP contribution < -0.4 is 0 Å². The van der Waals surface area contributed by atoms with Crippen molar-refractivity contribution < 1.29 is 4.42 Å². The zero-order valence-electron chi connectivity index (χ0n) is 30.2. The first-order valence-electron chi connectivity index (χ1n) is 18.7. The Kier molecular flexibility index (Phi) is 7.42. The minimum absolute atomic E-state index is 0.658. The van der Waals surface area contributed by atoms with Gasteiger partial charge >= 0.3 is 0 Å². The van der Waals surface area contributed by atoms with Gasteiger partial charge in [0.2, 0.25) is 0 Å². The smallest absolute Gasteiger partial charge is 0.162 e. The largest absolute Gasteiger partial charge is 0.455 e. The van der Waals surface area contributed by atoms with E-state index < -0.39 is 0 Å². The number of para-hydroxylation sites is 2. The van der Waals surface area contributed by atoms with Crippen LogP contribution in [-0.4, -0.2) is 19.5 Å². The molecule has 0 aliphatic rings. The number of fused-ring (bicyclic) bond motifs is 6. The Balaban J connectivity index is 0.981. The molecule has 5 heteroatoms. The zero-order chi connectivity index (χ0) is 37.0. The molecule has 0 amide bonds. The highest BCUT2D eigenvalue weighted by Gasteiger charge is 2.17. The number of nitrogens with zero attached hydrogens (tertiary/aromatic N) is 4. The molecule has 0 aliphatic carbocycles. The van der Waals surface area contributed by atoms with Crippen LogP contribution in [0.5, 0.6) is 0 Å². The first kappa shape index (κ1) is 31.9. The predicted molar refractivity (Wildman–Crippen MR) is 229 cm³/mol. The van der Waals surface area contributed by atoms with Crippen molar-refractivity contribution in [2.75, 3.05) is 0 Å². The van der Waals surface area contributed by atoms with Gasteiger partial charge in [-0.2, -0.15) is 0 Å². The third kappa shape index (κ3) is 5.37. The highest BCUT2D eigenvalue weighted by atomic mass is 16.3. The number of furan rings is 1. The number of aromatic nitrogens is 4. The highest BCUT2D eigenvalue weighted by Crippen LogP contribution is 2.40. The fourth-order valence-electron chi connectivity index (χ4n) is 8.18. The molecule has 0 N–H and O–H groups in total. The van der Waals surface area contributed by atoms with E-state index >= 15 is 0 Å². The van der Waals surface area contributed by atoms with Crippen molar-refractivity contribution in [1.29, 1.82) is 0 Å². The maximum absolute atomic E-state index is 6.68. The molecule has 0 aliphatic heterocycles. The van der Waals surface area contributed by atoms with E-state index in [0.29, 0.717) is 5.82 Å². The van der Waals surface area contributed by atoms with Gasteiger partial charge in [0.25, 0.3) is 0 Å². The first-order valence-corrected chi connectivity index (χ1v) is 18.7. The molecule has 0 spiro atoms. The molecule has 8 aromatic carbocycles. The van der Waals surface area contributed by atoms with Gasteiger partial charge in [0, 0.05) is 38.4 Å². The van der Waals surface area contributed by atoms with Crippen LogP contribution in [0.15, 0.2) is 199 Å². The molecule has 0 atom stereocenters. The Morgan fingerprint density at radius 3 is 1.77 bits per heavy atom. The fourth-order valence-corrected chi connectivity index (χ4v) is 8.18. The van der Waals surface area contributed by atoms with Crippen LogP contribution in [0.25, 0.3) is 105 Å². The van der Waals surface area contributed by atoms with E-state index in [1.807, 2.05) is 0 Å². The van der Waals surface area contributed by atoms with E-state index in [1.54, 1.807) is 0 Å². The third-order valence-corrected chi connectivity index (χ3v) is 10.8. The summed E-state index contributed by atoms with van der Waals surface area (Å²) in [6.45, 7) is 0. The number of rotatable bonds is 6. The number of hydrogen-bond donors (Lipinski definition) is 0. The average Bonchev–Trinajstić information content (AvgIpc) is 3.82. The predicted octanol–water partition coefficient (Wildman–Crippen LogP) is 13.2. The van der Waals surface area contributed by atoms with Gasteiger partial charge in [-0.1, -0.05) is 121 Å². The van der Waals surface area contributed by atoms with Gasteiger partial charge in [0.1, 0.15) is 23.8 Å². The van der Waals surface area contributed by atoms with Crippen molar-refractivity contribution >= 4 is 43.7 Å². The minimum atomic E-state index is 0.658. The minimum Gasteiger partial charge on any atom is -0.455 e. The Morgan fingerprint density at radius 1 is 0.375 bits per heavy atom. The number of hydrogen-bond acceptors (Lipinski definition) is 4. The summed E-state index contributed by atoms with van der Waals surface area (Å²) in [6, 6.07) is 64.8. The summed E-state index contributed by atoms with van der Waals surface area (Å²) < 4.78 is 9.02. The van der Waals surface area contributed by atoms with Crippen LogP contribution >= 0.6 is 0 Å². The normalized spacial score (nSPS) is 11.6. The Morgan fingerprint density at radius 2 is 0.964 bits per heavy atom. The molecule has 0 radical (unpaired) electrons. The molecular formula is C51H32N4O. The lowest BCUT2D eigenvalue weighted by Gasteiger charge is -2.11. The maximum Gasteiger partial charge on any atom is 0.162 e. The van der Waals surface area contributed by atoms with Crippen LogP contribution in [0.4, 0.5) is 0 Å². The molecular weight excluding hydrogens is 685 g/mol. The van der Waals surface area contributed by atoms with Crippen LogP contribution in [0, 0.1) is 0 Å². The van der Waals surface area contributed by atoms with Crippen molar-refractivity contribution in [3.05, 3.63) is 195 Å². The SMILES string of the molecule is c1ccc(-c2cccc(-c3cccc(-c4ccc5oc6c(-c7cccc(-n8c9ccccc9c9cc(-c%10ncncn%10)ccc98)c7)cccc6c5c4)c3)c2)cc1. The lowest BCUT2D eigenvalue weighted by atomic mass is 9.95. The molecule has 11 aromatic rings. The monoisotopic (exact) mass is 716 g/mol. The first-order chi connectivity index (χ1) is 27.7. The Hall–Kier alpha value is -7.63. The molecule has 0 fully saturated rings. The van der Waals surface area contributed by atoms with Crippen molar-refractivity contribution in [3.8, 4) is 61.6 Å². The topological polar surface area (TPSA) is 56.7 Å². The van der Waals surface area contributed by atoms with E-state index in [-0.39, 0.29) is 0 Å². The number of benzene rings is 8. The summed E-state index contributed by atoms with van der Waals surface area (Å²) in [5, 5.41) is 4.51. The van der Waals surface area contributed by atoms with E-state index in [9.17, 15) is 0 Å². The van der Waals surface area contributed by atoms with E-state index in [1.165, 1.54) is 45.9 Å². The Labute approximate surface area is 322 Å². The van der Waals surface area contributed by atoms with E-state index in [2.05, 4.69) is 202 Å². The summed E-state index contributed by atoms with van der Waals surface area (Å²) in [5.74, 6) is 0.658. The molecule has 3 aromatic heterocycles. The van der Waals surface area contributed by atoms with Gasteiger partial charge in [-0.15, -0.1) is 0 Å². The average molecular weight is 717 g/mol. The molecule has 3 heterocycles. The summed E-state index contributed by atoms with van der Waals surface area (Å²) in [7, 11) is 0. The summed E-state index contributed by atoms with van der Waals surface area (Å²) in [5.41, 5.74) is 15.3. The van der Waals surface area contributed by atoms with Crippen LogP contribution in [0.1, 0.15) is 0 Å². The van der Waals surface area contributed by atoms with Gasteiger partial charge in [-0.05, 0) is 99.6 Å². The van der Waals surface area contributed by atoms with Crippen molar-refractivity contribution in [2.24, 2.45) is 0 Å². The second-order valence-electron chi connectivity index (χ2n) is 14.1. The molecule has 262 valence electrons. The molecule has 0 saturated carbocycles. The van der Waals surface area contributed by atoms with Crippen molar-refractivity contribution in [2.45, 2.75) is 0 Å². The second-order valence-corrected chi connectivity index (χ2v) is 14.1. The quantitative estimate of drug-likeness (QED) is 0.172. The van der Waals surface area contributed by atoms with Crippen LogP contribution in [-0.2, 0) is 0 Å². The van der Waals surface area contributed by atoms with Crippen LogP contribution in [0.3, 0.4) is 0 Å². The third-order valence-electron chi connectivity index (χ3n) is 10.8. The molecule has 56 heavy (non-hydrogen) atoms. The maximum atomic E-state index is 6.68. The summed E-state index contributed by atoms with van der Waals surface area (Å²) >= 11 is 0. The van der Waals surface area contributed by atoms with Crippen molar-refractivity contribution in [3.63, 3.8) is 0 Å². The van der Waals surface area contributed by atoms with Crippen molar-refractivity contribution in [1.82, 2.24) is 19.5 Å². The fraction of sp³-hybridized carbons (Fsp3) is 0. The summed E-state index contributed by atoms with van der Waals surface area (Å²) in [4.78, 5) is 12.8. The molecule has 5 nitrogen and oxygen atoms in total. The van der Waals surface area contributed by atoms with Crippen LogP contribution in [0.2, 0.25) is 0 Å². The molecule has 0 bridgehead atoms. The lowest BCUT2D eigenvalue weighted by molar-refractivity contribution is 0.670. The second kappa shape index (κ2) is 13.0. The highest BCUT2D eigenvalue weighted by molar-refractivity contribution is 6.12. The van der Waals surface area contributed by atoms with Gasteiger partial charge in [-0.25, -0.2) is 15.0 Å². The lowest BCUT2D eigenvalue weighted by Crippen LogP contribution is -1.94. The van der Waals surface area contributed by atoms with Gasteiger partial charge < -0.3 is 8.98 Å². The standard InChI is InChI=1S/C51H32N4O/c1-2-10-33(11-3-1)34-12-6-13-35(26-34)36-14-7-15-37(27-36)38-23-25-49-46(29-38)44-20-9-19-42(50(44)56-49)39-16-8-17-41(28-39)55-47-21-5-4-18-43(47)45-30-40(22-24-48(45)55)51-53-31-52-32-54-51/h1-32H. The summed E-state index contributed by atoms with van der Waals surface area (Å²) in [6.07, 6.45) is 3.07. The molecule has 0 unspecified atom stereocenters. The van der Waals surface area contributed by atoms with Gasteiger partial charge in [-0.3, -0.25) is 0 Å².